The standard InChI is InChI=1S/C14H20FNO3S.C14H20FNOS/c1-3-16-6-4-14(17,5-7-16)11-8-12(15)10-13(9-11)20(2,18)19;1-3-16-6-4-14(17,5-7-16)11-8-12(15)10-13(9-11)18-2/h8-10,17H,3-7H2,1-2H3;8-10,17H,3-7H2,1-2H3. The highest BCUT2D eigenvalue weighted by molar-refractivity contribution is 7.98. The SMILES string of the molecule is CCN1CCC(O)(c2cc(F)cc(S(C)(=O)=O)c2)CC1.CCN1CCC(O)(c2cc(F)cc(SC)c2)CC1. The molecule has 0 aromatic heterocycles. The van der Waals surface area contributed by atoms with Gasteiger partial charge in [0.15, 0.2) is 9.84 Å². The highest BCUT2D eigenvalue weighted by Crippen LogP contribution is 2.36. The zero-order valence-corrected chi connectivity index (χ0v) is 24.3. The van der Waals surface area contributed by atoms with Crippen LogP contribution < -0.4 is 0 Å². The second-order valence-corrected chi connectivity index (χ2v) is 13.2. The number of nitrogens with zero attached hydrogens (tertiary/aromatic N) is 2. The molecule has 2 N–H and O–H groups in total. The molecule has 0 unspecified atom stereocenters. The lowest BCUT2D eigenvalue weighted by Crippen LogP contribution is -2.42. The highest BCUT2D eigenvalue weighted by Gasteiger charge is 2.35. The first-order chi connectivity index (χ1) is 17.8. The molecule has 0 saturated carbocycles. The van der Waals surface area contributed by atoms with Gasteiger partial charge in [0.1, 0.15) is 11.6 Å². The number of halogens is 2. The first-order valence-electron chi connectivity index (χ1n) is 13.1. The Balaban J connectivity index is 0.000000212. The summed E-state index contributed by atoms with van der Waals surface area (Å²) in [4.78, 5) is 5.30. The third-order valence-electron chi connectivity index (χ3n) is 7.74. The monoisotopic (exact) mass is 570 g/mol. The van der Waals surface area contributed by atoms with Gasteiger partial charge in [-0.05, 0) is 92.6 Å². The zero-order chi connectivity index (χ0) is 28.1. The molecule has 4 rings (SSSR count). The van der Waals surface area contributed by atoms with Crippen molar-refractivity contribution < 1.29 is 27.4 Å². The molecule has 38 heavy (non-hydrogen) atoms. The van der Waals surface area contributed by atoms with Crippen molar-refractivity contribution in [2.75, 3.05) is 51.8 Å². The molecule has 2 saturated heterocycles. The van der Waals surface area contributed by atoms with Crippen LogP contribution in [0.5, 0.6) is 0 Å². The number of thioether (sulfide) groups is 1. The predicted octanol–water partition coefficient (Wildman–Crippen LogP) is 4.38. The summed E-state index contributed by atoms with van der Waals surface area (Å²) in [5.41, 5.74) is -0.929. The van der Waals surface area contributed by atoms with Crippen LogP contribution in [-0.4, -0.2) is 80.2 Å². The van der Waals surface area contributed by atoms with Gasteiger partial charge in [0.05, 0.1) is 16.1 Å². The number of piperidine rings is 2. The summed E-state index contributed by atoms with van der Waals surface area (Å²) in [6.07, 6.45) is 5.27. The molecular formula is C28H40F2N2O4S2. The smallest absolute Gasteiger partial charge is 0.175 e. The number of hydrogen-bond donors (Lipinski definition) is 2. The van der Waals surface area contributed by atoms with Gasteiger partial charge in [0.2, 0.25) is 0 Å². The van der Waals surface area contributed by atoms with Crippen molar-refractivity contribution in [3.05, 3.63) is 59.2 Å². The van der Waals surface area contributed by atoms with E-state index in [2.05, 4.69) is 16.7 Å². The van der Waals surface area contributed by atoms with Crippen LogP contribution in [0.4, 0.5) is 8.78 Å². The van der Waals surface area contributed by atoms with Gasteiger partial charge in [-0.15, -0.1) is 11.8 Å². The van der Waals surface area contributed by atoms with Gasteiger partial charge >= 0.3 is 0 Å². The minimum Gasteiger partial charge on any atom is -0.385 e. The van der Waals surface area contributed by atoms with Crippen molar-refractivity contribution in [3.63, 3.8) is 0 Å². The van der Waals surface area contributed by atoms with E-state index < -0.39 is 26.9 Å². The van der Waals surface area contributed by atoms with Crippen LogP contribution in [0, 0.1) is 11.6 Å². The van der Waals surface area contributed by atoms with E-state index in [1.807, 2.05) is 19.2 Å². The lowest BCUT2D eigenvalue weighted by molar-refractivity contribution is -0.0253. The minimum absolute atomic E-state index is 0.0844. The largest absolute Gasteiger partial charge is 0.385 e. The van der Waals surface area contributed by atoms with E-state index >= 15 is 0 Å². The molecule has 0 amide bonds. The molecule has 10 heteroatoms. The van der Waals surface area contributed by atoms with E-state index in [4.69, 9.17) is 0 Å². The topological polar surface area (TPSA) is 81.1 Å². The summed E-state index contributed by atoms with van der Waals surface area (Å²) in [7, 11) is -3.49. The van der Waals surface area contributed by atoms with Crippen LogP contribution in [0.1, 0.15) is 50.7 Å². The fraction of sp³-hybridized carbons (Fsp3) is 0.571. The van der Waals surface area contributed by atoms with Crippen molar-refractivity contribution in [1.29, 1.82) is 0 Å². The van der Waals surface area contributed by atoms with Crippen LogP contribution in [0.25, 0.3) is 0 Å². The molecule has 212 valence electrons. The average molecular weight is 571 g/mol. The van der Waals surface area contributed by atoms with E-state index in [1.165, 1.54) is 36.0 Å². The third kappa shape index (κ3) is 7.76. The van der Waals surface area contributed by atoms with E-state index in [0.717, 1.165) is 62.0 Å². The minimum atomic E-state index is -3.49. The van der Waals surface area contributed by atoms with Gasteiger partial charge in [-0.25, -0.2) is 17.2 Å². The molecular weight excluding hydrogens is 530 g/mol. The molecule has 0 spiro atoms. The number of hydrogen-bond acceptors (Lipinski definition) is 7. The summed E-state index contributed by atoms with van der Waals surface area (Å²) < 4.78 is 50.3. The molecule has 0 atom stereocenters. The van der Waals surface area contributed by atoms with Crippen LogP contribution in [-0.2, 0) is 21.0 Å². The Kier molecular flexibility index (Phi) is 10.4. The fourth-order valence-corrected chi connectivity index (χ4v) is 6.19. The van der Waals surface area contributed by atoms with Crippen molar-refractivity contribution in [3.8, 4) is 0 Å². The van der Waals surface area contributed by atoms with Crippen LogP contribution >= 0.6 is 11.8 Å². The highest BCUT2D eigenvalue weighted by atomic mass is 32.2. The molecule has 2 aliphatic rings. The van der Waals surface area contributed by atoms with Gasteiger partial charge in [-0.3, -0.25) is 0 Å². The maximum absolute atomic E-state index is 13.6. The second kappa shape index (κ2) is 12.7. The second-order valence-electron chi connectivity index (χ2n) is 10.3. The molecule has 2 aliphatic heterocycles. The van der Waals surface area contributed by atoms with E-state index in [1.54, 1.807) is 0 Å². The van der Waals surface area contributed by atoms with Gasteiger partial charge < -0.3 is 20.0 Å². The van der Waals surface area contributed by atoms with Crippen molar-refractivity contribution in [2.45, 2.75) is 60.5 Å². The predicted molar refractivity (Wildman–Crippen MR) is 148 cm³/mol. The number of rotatable bonds is 6. The summed E-state index contributed by atoms with van der Waals surface area (Å²) in [6.45, 7) is 9.28. The van der Waals surface area contributed by atoms with Gasteiger partial charge in [-0.1, -0.05) is 13.8 Å². The summed E-state index contributed by atoms with van der Waals surface area (Å²) in [5, 5.41) is 21.4. The molecule has 2 aromatic rings. The normalized spacial score (nSPS) is 20.0. The van der Waals surface area contributed by atoms with E-state index in [-0.39, 0.29) is 10.7 Å². The molecule has 0 radical (unpaired) electrons. The van der Waals surface area contributed by atoms with Gasteiger partial charge in [0, 0.05) is 37.3 Å². The molecule has 6 nitrogen and oxygen atoms in total. The Morgan fingerprint density at radius 2 is 1.21 bits per heavy atom. The van der Waals surface area contributed by atoms with Crippen molar-refractivity contribution in [1.82, 2.24) is 9.80 Å². The molecule has 0 aliphatic carbocycles. The molecule has 2 fully saturated rings. The average Bonchev–Trinajstić information content (AvgIpc) is 2.89. The molecule has 2 heterocycles. The van der Waals surface area contributed by atoms with Crippen LogP contribution in [0.3, 0.4) is 0 Å². The Labute approximate surface area is 230 Å². The maximum atomic E-state index is 13.6. The molecule has 2 aromatic carbocycles. The Hall–Kier alpha value is -1.56. The number of benzene rings is 2. The number of aliphatic hydroxyl groups is 2. The first kappa shape index (κ1) is 31.0. The Bertz CT molecular complexity index is 1190. The van der Waals surface area contributed by atoms with Gasteiger partial charge in [-0.2, -0.15) is 0 Å². The third-order valence-corrected chi connectivity index (χ3v) is 9.54. The quantitative estimate of drug-likeness (QED) is 0.499. The maximum Gasteiger partial charge on any atom is 0.175 e. The van der Waals surface area contributed by atoms with Crippen LogP contribution in [0.15, 0.2) is 46.2 Å². The zero-order valence-electron chi connectivity index (χ0n) is 22.7. The van der Waals surface area contributed by atoms with Gasteiger partial charge in [0.25, 0.3) is 0 Å². The summed E-state index contributed by atoms with van der Waals surface area (Å²) in [6, 6.07) is 8.51. The molecule has 0 bridgehead atoms. The lowest BCUT2D eigenvalue weighted by Gasteiger charge is -2.38. The van der Waals surface area contributed by atoms with Crippen LogP contribution in [0.2, 0.25) is 0 Å². The fourth-order valence-electron chi connectivity index (χ4n) is 5.05. The number of sulfone groups is 1. The van der Waals surface area contributed by atoms with E-state index in [0.29, 0.717) is 31.2 Å². The first-order valence-corrected chi connectivity index (χ1v) is 16.2. The Morgan fingerprint density at radius 1 is 0.789 bits per heavy atom. The Morgan fingerprint density at radius 3 is 1.61 bits per heavy atom. The summed E-state index contributed by atoms with van der Waals surface area (Å²) >= 11 is 1.50. The number of likely N-dealkylation sites (tertiary alicyclic amines) is 2. The van der Waals surface area contributed by atoms with Crippen molar-refractivity contribution >= 4 is 21.6 Å². The lowest BCUT2D eigenvalue weighted by atomic mass is 9.84. The van der Waals surface area contributed by atoms with Crippen molar-refractivity contribution in [2.24, 2.45) is 0 Å². The summed E-state index contributed by atoms with van der Waals surface area (Å²) in [5.74, 6) is -0.891. The van der Waals surface area contributed by atoms with E-state index in [9.17, 15) is 27.4 Å².